The molecule has 0 aliphatic heterocycles. The van der Waals surface area contributed by atoms with E-state index in [4.69, 9.17) is 11.6 Å². The minimum atomic E-state index is -5.57. The first-order valence-corrected chi connectivity index (χ1v) is 5.62. The number of hydrogen-bond acceptors (Lipinski definition) is 1. The molecule has 0 aromatic heterocycles. The van der Waals surface area contributed by atoms with Gasteiger partial charge < -0.3 is 5.32 Å². The highest BCUT2D eigenvalue weighted by atomic mass is 35.5. The lowest BCUT2D eigenvalue weighted by atomic mass is 9.91. The Balaban J connectivity index is 3.34. The Hall–Kier alpha value is -1.02. The molecule has 0 saturated heterocycles. The van der Waals surface area contributed by atoms with Gasteiger partial charge in [-0.05, 0) is 19.2 Å². The molecule has 1 nitrogen and oxygen atoms in total. The van der Waals surface area contributed by atoms with Crippen LogP contribution in [0.3, 0.4) is 0 Å². The van der Waals surface area contributed by atoms with E-state index in [-0.39, 0.29) is 5.02 Å². The first-order chi connectivity index (χ1) is 8.98. The molecule has 0 spiro atoms. The van der Waals surface area contributed by atoms with E-state index in [0.717, 1.165) is 19.2 Å². The van der Waals surface area contributed by atoms with Crippen molar-refractivity contribution in [2.24, 2.45) is 5.92 Å². The fourth-order valence-electron chi connectivity index (χ4n) is 1.82. The maximum atomic E-state index is 13.6. The van der Waals surface area contributed by atoms with Crippen LogP contribution >= 0.6 is 11.6 Å². The average molecular weight is 324 g/mol. The molecule has 1 unspecified atom stereocenters. The molecule has 1 aromatic rings. The molecule has 1 rings (SSSR count). The SMILES string of the molecule is CNC(c1ccc(Cl)cc1F)C(C(F)(F)F)C(F)(F)F. The van der Waals surface area contributed by atoms with Crippen LogP contribution in [0.4, 0.5) is 30.7 Å². The van der Waals surface area contributed by atoms with Gasteiger partial charge in [-0.1, -0.05) is 17.7 Å². The van der Waals surface area contributed by atoms with Crippen molar-refractivity contribution in [2.75, 3.05) is 7.05 Å². The molecule has 0 fully saturated rings. The third-order valence-corrected chi connectivity index (χ3v) is 2.88. The summed E-state index contributed by atoms with van der Waals surface area (Å²) in [4.78, 5) is 0. The molecule has 20 heavy (non-hydrogen) atoms. The van der Waals surface area contributed by atoms with E-state index in [1.54, 1.807) is 0 Å². The fourth-order valence-corrected chi connectivity index (χ4v) is 1.98. The molecule has 0 bridgehead atoms. The monoisotopic (exact) mass is 323 g/mol. The number of benzene rings is 1. The van der Waals surface area contributed by atoms with E-state index < -0.39 is 35.7 Å². The van der Waals surface area contributed by atoms with Crippen molar-refractivity contribution in [1.82, 2.24) is 5.32 Å². The van der Waals surface area contributed by atoms with Gasteiger partial charge in [0.1, 0.15) is 5.82 Å². The van der Waals surface area contributed by atoms with E-state index >= 15 is 0 Å². The molecule has 1 aromatic carbocycles. The standard InChI is InChI=1S/C11H9ClF7N/c1-20-8(6-3-2-5(12)4-7(6)13)9(10(14,15)16)11(17,18)19/h2-4,8-9,20H,1H3. The minimum absolute atomic E-state index is 0.128. The van der Waals surface area contributed by atoms with Crippen molar-refractivity contribution in [3.63, 3.8) is 0 Å². The molecule has 0 radical (unpaired) electrons. The quantitative estimate of drug-likeness (QED) is 0.809. The van der Waals surface area contributed by atoms with Gasteiger partial charge in [0.05, 0.1) is 6.04 Å². The van der Waals surface area contributed by atoms with Gasteiger partial charge in [0.15, 0.2) is 5.92 Å². The van der Waals surface area contributed by atoms with E-state index in [0.29, 0.717) is 6.07 Å². The summed E-state index contributed by atoms with van der Waals surface area (Å²) in [6, 6.07) is 0.176. The number of rotatable bonds is 3. The third-order valence-electron chi connectivity index (χ3n) is 2.65. The Morgan fingerprint density at radius 1 is 1.05 bits per heavy atom. The van der Waals surface area contributed by atoms with Gasteiger partial charge in [-0.2, -0.15) is 26.3 Å². The second-order valence-electron chi connectivity index (χ2n) is 3.99. The Labute approximate surface area is 114 Å². The molecule has 1 atom stereocenters. The summed E-state index contributed by atoms with van der Waals surface area (Å²) in [7, 11) is 0.892. The van der Waals surface area contributed by atoms with Crippen molar-refractivity contribution in [3.8, 4) is 0 Å². The molecule has 114 valence electrons. The van der Waals surface area contributed by atoms with E-state index in [2.05, 4.69) is 0 Å². The number of hydrogen-bond donors (Lipinski definition) is 1. The van der Waals surface area contributed by atoms with E-state index in [1.807, 2.05) is 5.32 Å². The van der Waals surface area contributed by atoms with Crippen LogP contribution in [0.15, 0.2) is 18.2 Å². The topological polar surface area (TPSA) is 12.0 Å². The summed E-state index contributed by atoms with van der Waals surface area (Å²) in [6.07, 6.45) is -11.1. The largest absolute Gasteiger partial charge is 0.402 e. The van der Waals surface area contributed by atoms with Crippen LogP contribution < -0.4 is 5.32 Å². The Bertz CT molecular complexity index is 455. The van der Waals surface area contributed by atoms with Crippen LogP contribution in [-0.4, -0.2) is 19.4 Å². The predicted octanol–water partition coefficient (Wildman–Crippen LogP) is 4.48. The summed E-state index contributed by atoms with van der Waals surface area (Å²) in [5.41, 5.74) is -0.753. The molecule has 0 heterocycles. The third kappa shape index (κ3) is 3.76. The van der Waals surface area contributed by atoms with Gasteiger partial charge >= 0.3 is 12.4 Å². The number of halogens is 8. The summed E-state index contributed by atoms with van der Waals surface area (Å²) in [5, 5.41) is 1.74. The Kier molecular flexibility index (Phi) is 4.91. The summed E-state index contributed by atoms with van der Waals surface area (Å²) >= 11 is 5.42. The van der Waals surface area contributed by atoms with Gasteiger partial charge in [0, 0.05) is 10.6 Å². The maximum absolute atomic E-state index is 13.6. The second kappa shape index (κ2) is 5.77. The molecule has 9 heteroatoms. The van der Waals surface area contributed by atoms with E-state index in [9.17, 15) is 30.7 Å². The van der Waals surface area contributed by atoms with Crippen molar-refractivity contribution in [3.05, 3.63) is 34.6 Å². The Morgan fingerprint density at radius 2 is 1.55 bits per heavy atom. The Morgan fingerprint density at radius 3 is 1.90 bits per heavy atom. The van der Waals surface area contributed by atoms with Gasteiger partial charge in [-0.25, -0.2) is 4.39 Å². The van der Waals surface area contributed by atoms with Crippen molar-refractivity contribution < 1.29 is 30.7 Å². The zero-order valence-electron chi connectivity index (χ0n) is 9.91. The first-order valence-electron chi connectivity index (χ1n) is 5.24. The first kappa shape index (κ1) is 17.0. The zero-order chi connectivity index (χ0) is 15.7. The minimum Gasteiger partial charge on any atom is -0.312 e. The van der Waals surface area contributed by atoms with Crippen molar-refractivity contribution in [1.29, 1.82) is 0 Å². The highest BCUT2D eigenvalue weighted by molar-refractivity contribution is 6.30. The van der Waals surface area contributed by atoms with Gasteiger partial charge in [-0.3, -0.25) is 0 Å². The van der Waals surface area contributed by atoms with Crippen LogP contribution in [0.5, 0.6) is 0 Å². The summed E-state index contributed by atoms with van der Waals surface area (Å²) < 4.78 is 89.4. The van der Waals surface area contributed by atoms with Crippen LogP contribution in [-0.2, 0) is 0 Å². The lowest BCUT2D eigenvalue weighted by molar-refractivity contribution is -0.292. The van der Waals surface area contributed by atoms with Crippen LogP contribution in [0.1, 0.15) is 11.6 Å². The molecule has 0 aliphatic rings. The zero-order valence-corrected chi connectivity index (χ0v) is 10.7. The normalized spacial score (nSPS) is 14.7. The van der Waals surface area contributed by atoms with Crippen molar-refractivity contribution in [2.45, 2.75) is 18.4 Å². The van der Waals surface area contributed by atoms with Gasteiger partial charge in [0.2, 0.25) is 0 Å². The lowest BCUT2D eigenvalue weighted by Gasteiger charge is -2.30. The number of alkyl halides is 6. The smallest absolute Gasteiger partial charge is 0.312 e. The molecule has 0 aliphatic carbocycles. The van der Waals surface area contributed by atoms with Gasteiger partial charge in [0.25, 0.3) is 0 Å². The highest BCUT2D eigenvalue weighted by Gasteiger charge is 2.60. The number of nitrogens with one attached hydrogen (secondary N) is 1. The lowest BCUT2D eigenvalue weighted by Crippen LogP contribution is -2.45. The second-order valence-corrected chi connectivity index (χ2v) is 4.43. The summed E-state index contributed by atoms with van der Waals surface area (Å²) in [6.45, 7) is 0. The van der Waals surface area contributed by atoms with Crippen LogP contribution in [0.2, 0.25) is 5.02 Å². The van der Waals surface area contributed by atoms with Gasteiger partial charge in [-0.15, -0.1) is 0 Å². The molecular formula is C11H9ClF7N. The van der Waals surface area contributed by atoms with E-state index in [1.165, 1.54) is 0 Å². The van der Waals surface area contributed by atoms with Crippen LogP contribution in [0.25, 0.3) is 0 Å². The molecule has 0 amide bonds. The predicted molar refractivity (Wildman–Crippen MR) is 58.8 cm³/mol. The molecule has 0 saturated carbocycles. The average Bonchev–Trinajstić information content (AvgIpc) is 2.22. The molecule has 1 N–H and O–H groups in total. The molecular weight excluding hydrogens is 315 g/mol. The highest BCUT2D eigenvalue weighted by Crippen LogP contribution is 2.46. The van der Waals surface area contributed by atoms with Crippen LogP contribution in [0, 0.1) is 11.7 Å². The maximum Gasteiger partial charge on any atom is 0.402 e. The fraction of sp³-hybridized carbons (Fsp3) is 0.455. The summed E-state index contributed by atoms with van der Waals surface area (Å²) in [5.74, 6) is -4.97. The van der Waals surface area contributed by atoms with Crippen molar-refractivity contribution >= 4 is 11.6 Å².